The Morgan fingerprint density at radius 1 is 1.28 bits per heavy atom. The Morgan fingerprint density at radius 2 is 2.00 bits per heavy atom. The molecule has 0 bridgehead atoms. The molecule has 0 fully saturated rings. The lowest BCUT2D eigenvalue weighted by atomic mass is 10.0. The molecule has 3 nitrogen and oxygen atoms in total. The maximum Gasteiger partial charge on any atom is 0.0757 e. The van der Waals surface area contributed by atoms with Gasteiger partial charge in [0.15, 0.2) is 0 Å². The molecule has 18 heavy (non-hydrogen) atoms. The molecular formula is C13H15Br2N3. The predicted octanol–water partition coefficient (Wildman–Crippen LogP) is 3.56. The zero-order chi connectivity index (χ0) is 13.3. The first-order chi connectivity index (χ1) is 8.52. The number of nitrogens with one attached hydrogen (secondary N) is 1. The molecule has 0 aliphatic carbocycles. The number of hydrogen-bond acceptors (Lipinski definition) is 2. The van der Waals surface area contributed by atoms with E-state index in [0.29, 0.717) is 0 Å². The molecule has 0 saturated heterocycles. The van der Waals surface area contributed by atoms with E-state index < -0.39 is 0 Å². The van der Waals surface area contributed by atoms with Crippen molar-refractivity contribution in [3.05, 3.63) is 50.2 Å². The molecular weight excluding hydrogens is 358 g/mol. The molecule has 1 atom stereocenters. The summed E-state index contributed by atoms with van der Waals surface area (Å²) < 4.78 is 4.00. The van der Waals surface area contributed by atoms with Gasteiger partial charge in [0.2, 0.25) is 0 Å². The van der Waals surface area contributed by atoms with Crippen molar-refractivity contribution in [2.45, 2.75) is 13.0 Å². The van der Waals surface area contributed by atoms with Crippen LogP contribution >= 0.6 is 31.9 Å². The lowest BCUT2D eigenvalue weighted by molar-refractivity contribution is 0.603. The quantitative estimate of drug-likeness (QED) is 0.892. The van der Waals surface area contributed by atoms with Crippen molar-refractivity contribution in [1.82, 2.24) is 15.1 Å². The maximum absolute atomic E-state index is 4.27. The van der Waals surface area contributed by atoms with Crippen molar-refractivity contribution in [1.29, 1.82) is 0 Å². The second-order valence-electron chi connectivity index (χ2n) is 4.28. The van der Waals surface area contributed by atoms with Gasteiger partial charge in [-0.15, -0.1) is 0 Å². The van der Waals surface area contributed by atoms with E-state index in [9.17, 15) is 0 Å². The number of halogens is 2. The van der Waals surface area contributed by atoms with Crippen molar-refractivity contribution < 1.29 is 0 Å². The van der Waals surface area contributed by atoms with E-state index in [1.165, 1.54) is 11.1 Å². The summed E-state index contributed by atoms with van der Waals surface area (Å²) in [6, 6.07) is 6.54. The van der Waals surface area contributed by atoms with Gasteiger partial charge in [0.1, 0.15) is 0 Å². The van der Waals surface area contributed by atoms with Crippen LogP contribution in [0, 0.1) is 6.92 Å². The third-order valence-electron chi connectivity index (χ3n) is 2.90. The molecule has 5 heteroatoms. The Hall–Kier alpha value is -0.650. The number of nitrogens with zero attached hydrogens (tertiary/aromatic N) is 2. The van der Waals surface area contributed by atoms with Crippen LogP contribution in [0.1, 0.15) is 22.9 Å². The van der Waals surface area contributed by atoms with Crippen LogP contribution < -0.4 is 5.32 Å². The number of benzene rings is 1. The summed E-state index contributed by atoms with van der Waals surface area (Å²) in [5, 5.41) is 7.62. The molecule has 1 aromatic heterocycles. The van der Waals surface area contributed by atoms with Gasteiger partial charge in [0.25, 0.3) is 0 Å². The van der Waals surface area contributed by atoms with E-state index in [1.807, 2.05) is 25.0 Å². The van der Waals surface area contributed by atoms with Gasteiger partial charge in [-0.05, 0) is 53.2 Å². The predicted molar refractivity (Wildman–Crippen MR) is 80.7 cm³/mol. The minimum Gasteiger partial charge on any atom is -0.308 e. The van der Waals surface area contributed by atoms with Gasteiger partial charge in [0.05, 0.1) is 22.4 Å². The van der Waals surface area contributed by atoms with Gasteiger partial charge >= 0.3 is 0 Å². The van der Waals surface area contributed by atoms with Crippen LogP contribution in [0.2, 0.25) is 0 Å². The molecule has 2 aromatic rings. The molecule has 0 aliphatic heterocycles. The van der Waals surface area contributed by atoms with Crippen LogP contribution in [0.25, 0.3) is 0 Å². The molecule has 0 saturated carbocycles. The topological polar surface area (TPSA) is 29.9 Å². The SMILES string of the molecule is CNC(c1cc(C)cc(Br)c1)c1c(Br)cnn1C. The van der Waals surface area contributed by atoms with Crippen LogP contribution in [0.5, 0.6) is 0 Å². The molecule has 1 heterocycles. The minimum absolute atomic E-state index is 0.114. The van der Waals surface area contributed by atoms with E-state index in [2.05, 4.69) is 67.4 Å². The first-order valence-electron chi connectivity index (χ1n) is 5.64. The number of hydrogen-bond donors (Lipinski definition) is 1. The van der Waals surface area contributed by atoms with Crippen molar-refractivity contribution in [3.63, 3.8) is 0 Å². The largest absolute Gasteiger partial charge is 0.308 e. The fraction of sp³-hybridized carbons (Fsp3) is 0.308. The van der Waals surface area contributed by atoms with E-state index in [0.717, 1.165) is 14.6 Å². The molecule has 0 radical (unpaired) electrons. The summed E-state index contributed by atoms with van der Waals surface area (Å²) in [5.41, 5.74) is 3.57. The van der Waals surface area contributed by atoms with Crippen LogP contribution in [0.4, 0.5) is 0 Å². The van der Waals surface area contributed by atoms with Crippen LogP contribution in [-0.2, 0) is 7.05 Å². The molecule has 1 unspecified atom stereocenters. The summed E-state index contributed by atoms with van der Waals surface area (Å²) in [5.74, 6) is 0. The molecule has 0 spiro atoms. The van der Waals surface area contributed by atoms with Gasteiger partial charge in [0, 0.05) is 11.5 Å². The van der Waals surface area contributed by atoms with Gasteiger partial charge < -0.3 is 5.32 Å². The average molecular weight is 373 g/mol. The number of rotatable bonds is 3. The van der Waals surface area contributed by atoms with Crippen molar-refractivity contribution in [3.8, 4) is 0 Å². The first kappa shape index (κ1) is 13.8. The summed E-state index contributed by atoms with van der Waals surface area (Å²) in [6.45, 7) is 2.10. The zero-order valence-electron chi connectivity index (χ0n) is 10.5. The van der Waals surface area contributed by atoms with Crippen LogP contribution in [0.3, 0.4) is 0 Å². The highest BCUT2D eigenvalue weighted by Crippen LogP contribution is 2.29. The number of aryl methyl sites for hydroxylation is 2. The Bertz CT molecular complexity index is 524. The Balaban J connectivity index is 2.52. The lowest BCUT2D eigenvalue weighted by Crippen LogP contribution is -2.21. The average Bonchev–Trinajstić information content (AvgIpc) is 2.61. The van der Waals surface area contributed by atoms with Crippen molar-refractivity contribution in [2.24, 2.45) is 7.05 Å². The van der Waals surface area contributed by atoms with Crippen LogP contribution in [-0.4, -0.2) is 16.8 Å². The highest BCUT2D eigenvalue weighted by atomic mass is 79.9. The fourth-order valence-electron chi connectivity index (χ4n) is 2.14. The third-order valence-corrected chi connectivity index (χ3v) is 3.97. The van der Waals surface area contributed by atoms with E-state index >= 15 is 0 Å². The second-order valence-corrected chi connectivity index (χ2v) is 6.05. The van der Waals surface area contributed by atoms with Gasteiger partial charge in [-0.1, -0.05) is 22.0 Å². The smallest absolute Gasteiger partial charge is 0.0757 e. The normalized spacial score (nSPS) is 12.7. The van der Waals surface area contributed by atoms with E-state index in [4.69, 9.17) is 0 Å². The molecule has 0 amide bonds. The van der Waals surface area contributed by atoms with Crippen molar-refractivity contribution >= 4 is 31.9 Å². The maximum atomic E-state index is 4.27. The van der Waals surface area contributed by atoms with Crippen molar-refractivity contribution in [2.75, 3.05) is 7.05 Å². The second kappa shape index (κ2) is 5.55. The lowest BCUT2D eigenvalue weighted by Gasteiger charge is -2.18. The number of aromatic nitrogens is 2. The summed E-state index contributed by atoms with van der Waals surface area (Å²) >= 11 is 7.11. The minimum atomic E-state index is 0.114. The van der Waals surface area contributed by atoms with Gasteiger partial charge in [-0.2, -0.15) is 5.10 Å². The Labute approximate surface area is 124 Å². The summed E-state index contributed by atoms with van der Waals surface area (Å²) in [7, 11) is 3.91. The molecule has 0 aliphatic rings. The highest BCUT2D eigenvalue weighted by Gasteiger charge is 2.19. The van der Waals surface area contributed by atoms with Crippen LogP contribution in [0.15, 0.2) is 33.3 Å². The molecule has 96 valence electrons. The van der Waals surface area contributed by atoms with Gasteiger partial charge in [-0.3, -0.25) is 4.68 Å². The monoisotopic (exact) mass is 371 g/mol. The first-order valence-corrected chi connectivity index (χ1v) is 7.23. The molecule has 2 rings (SSSR count). The zero-order valence-corrected chi connectivity index (χ0v) is 13.7. The van der Waals surface area contributed by atoms with E-state index in [-0.39, 0.29) is 6.04 Å². The third kappa shape index (κ3) is 2.68. The van der Waals surface area contributed by atoms with Gasteiger partial charge in [-0.25, -0.2) is 0 Å². The molecule has 1 aromatic carbocycles. The molecule has 1 N–H and O–H groups in total. The fourth-order valence-corrected chi connectivity index (χ4v) is 3.34. The van der Waals surface area contributed by atoms with E-state index in [1.54, 1.807) is 0 Å². The Morgan fingerprint density at radius 3 is 2.50 bits per heavy atom. The highest BCUT2D eigenvalue weighted by molar-refractivity contribution is 9.10. The summed E-state index contributed by atoms with van der Waals surface area (Å²) in [6.07, 6.45) is 1.82. The Kier molecular flexibility index (Phi) is 4.25. The summed E-state index contributed by atoms with van der Waals surface area (Å²) in [4.78, 5) is 0. The standard InChI is InChI=1S/C13H15Br2N3/c1-8-4-9(6-10(14)5-8)12(16-2)13-11(15)7-17-18(13)3/h4-7,12,16H,1-3H3.